The molecule has 0 unspecified atom stereocenters. The van der Waals surface area contributed by atoms with Gasteiger partial charge in [-0.15, -0.1) is 0 Å². The van der Waals surface area contributed by atoms with Crippen molar-refractivity contribution in [2.75, 3.05) is 28.6 Å². The monoisotopic (exact) mass is 528 g/mol. The van der Waals surface area contributed by atoms with Crippen molar-refractivity contribution in [3.8, 4) is 11.5 Å². The zero-order valence-corrected chi connectivity index (χ0v) is 21.7. The molecule has 0 radical (unpaired) electrons. The molecule has 0 aliphatic rings. The Kier molecular flexibility index (Phi) is 9.21. The molecule has 0 fully saturated rings. The number of hydrogen-bond donors (Lipinski definition) is 3. The Hall–Kier alpha value is -4.49. The van der Waals surface area contributed by atoms with Crippen molar-refractivity contribution >= 4 is 40.7 Å². The predicted octanol–water partition coefficient (Wildman–Crippen LogP) is 7.69. The summed E-state index contributed by atoms with van der Waals surface area (Å²) in [4.78, 5) is 27.1. The molecule has 4 aromatic carbocycles. The summed E-state index contributed by atoms with van der Waals surface area (Å²) >= 11 is 5.97. The largest absolute Gasteiger partial charge is 0.457 e. The van der Waals surface area contributed by atoms with Gasteiger partial charge in [0.05, 0.1) is 0 Å². The fourth-order valence-corrected chi connectivity index (χ4v) is 3.87. The van der Waals surface area contributed by atoms with E-state index in [1.807, 2.05) is 85.8 Å². The Morgan fingerprint density at radius 3 is 2.21 bits per heavy atom. The number of carbonyl (C=O) groups is 2. The lowest BCUT2D eigenvalue weighted by molar-refractivity contribution is 0.252. The van der Waals surface area contributed by atoms with E-state index in [9.17, 15) is 9.59 Å². The van der Waals surface area contributed by atoms with Crippen LogP contribution in [0.5, 0.6) is 11.5 Å². The number of aryl methyl sites for hydroxylation is 1. The van der Waals surface area contributed by atoms with Gasteiger partial charge >= 0.3 is 12.1 Å². The summed E-state index contributed by atoms with van der Waals surface area (Å²) in [6.45, 7) is 2.75. The summed E-state index contributed by atoms with van der Waals surface area (Å²) < 4.78 is 5.88. The van der Waals surface area contributed by atoms with Gasteiger partial charge in [0.1, 0.15) is 11.5 Å². The predicted molar refractivity (Wildman–Crippen MR) is 154 cm³/mol. The van der Waals surface area contributed by atoms with Crippen molar-refractivity contribution < 1.29 is 14.3 Å². The first-order valence-electron chi connectivity index (χ1n) is 12.2. The Balaban J connectivity index is 1.38. The molecular weight excluding hydrogens is 500 g/mol. The maximum Gasteiger partial charge on any atom is 0.326 e. The Morgan fingerprint density at radius 2 is 1.50 bits per heavy atom. The number of ether oxygens (including phenoxy) is 1. The van der Waals surface area contributed by atoms with Crippen molar-refractivity contribution in [2.45, 2.75) is 13.3 Å². The Morgan fingerprint density at radius 1 is 0.789 bits per heavy atom. The number of benzene rings is 4. The second-order valence-corrected chi connectivity index (χ2v) is 9.04. The average molecular weight is 529 g/mol. The molecule has 4 amide bonds. The third kappa shape index (κ3) is 8.01. The van der Waals surface area contributed by atoms with E-state index < -0.39 is 0 Å². The Labute approximate surface area is 227 Å². The van der Waals surface area contributed by atoms with E-state index in [2.05, 4.69) is 16.0 Å². The van der Waals surface area contributed by atoms with Gasteiger partial charge in [-0.2, -0.15) is 0 Å². The van der Waals surface area contributed by atoms with Gasteiger partial charge in [0.25, 0.3) is 0 Å². The van der Waals surface area contributed by atoms with Crippen LogP contribution in [0.2, 0.25) is 5.02 Å². The topological polar surface area (TPSA) is 82.7 Å². The van der Waals surface area contributed by atoms with E-state index in [1.165, 1.54) is 0 Å². The number of nitrogens with one attached hydrogen (secondary N) is 3. The van der Waals surface area contributed by atoms with Gasteiger partial charge < -0.3 is 20.7 Å². The summed E-state index contributed by atoms with van der Waals surface area (Å²) in [5, 5.41) is 9.06. The highest BCUT2D eigenvalue weighted by Crippen LogP contribution is 2.25. The summed E-state index contributed by atoms with van der Waals surface area (Å²) in [5.41, 5.74) is 3.12. The maximum atomic E-state index is 13.2. The van der Waals surface area contributed by atoms with Gasteiger partial charge in [0.2, 0.25) is 0 Å². The van der Waals surface area contributed by atoms with Crippen molar-refractivity contribution in [1.29, 1.82) is 0 Å². The second kappa shape index (κ2) is 13.2. The summed E-state index contributed by atoms with van der Waals surface area (Å²) in [6.07, 6.45) is 0.534. The lowest BCUT2D eigenvalue weighted by atomic mass is 10.2. The Bertz CT molecular complexity index is 1350. The third-order valence-electron chi connectivity index (χ3n) is 5.60. The fraction of sp³-hybridized carbons (Fsp3) is 0.133. The molecule has 0 heterocycles. The third-order valence-corrected chi connectivity index (χ3v) is 5.84. The SMILES string of the molecule is Cc1ccc(NC(=O)N(CCCNC(=O)Nc2cccc(Cl)c2)c2ccc(Oc3ccccc3)cc2)cc1. The quantitative estimate of drug-likeness (QED) is 0.195. The van der Waals surface area contributed by atoms with Crippen molar-refractivity contribution in [2.24, 2.45) is 0 Å². The van der Waals surface area contributed by atoms with E-state index in [-0.39, 0.29) is 12.1 Å². The first-order valence-corrected chi connectivity index (χ1v) is 12.6. The first-order chi connectivity index (χ1) is 18.5. The number of rotatable bonds is 9. The summed E-state index contributed by atoms with van der Waals surface area (Å²) in [5.74, 6) is 1.40. The normalized spacial score (nSPS) is 10.4. The minimum Gasteiger partial charge on any atom is -0.457 e. The molecule has 0 bridgehead atoms. The fourth-order valence-electron chi connectivity index (χ4n) is 3.68. The lowest BCUT2D eigenvalue weighted by Crippen LogP contribution is -2.38. The van der Waals surface area contributed by atoms with Gasteiger partial charge in [-0.25, -0.2) is 9.59 Å². The number of carbonyl (C=O) groups excluding carboxylic acids is 2. The van der Waals surface area contributed by atoms with E-state index in [1.54, 1.807) is 29.2 Å². The molecule has 0 saturated carbocycles. The molecule has 0 aliphatic heterocycles. The van der Waals surface area contributed by atoms with E-state index in [0.29, 0.717) is 47.3 Å². The lowest BCUT2D eigenvalue weighted by Gasteiger charge is -2.24. The van der Waals surface area contributed by atoms with Crippen LogP contribution >= 0.6 is 11.6 Å². The second-order valence-electron chi connectivity index (χ2n) is 8.60. The maximum absolute atomic E-state index is 13.2. The standard InChI is InChI=1S/C30H29ClN4O3/c1-22-11-13-24(14-12-22)34-30(37)35(20-6-19-32-29(36)33-25-8-5-7-23(31)21-25)26-15-17-28(18-16-26)38-27-9-3-2-4-10-27/h2-5,7-18,21H,6,19-20H2,1H3,(H,34,37)(H2,32,33,36). The van der Waals surface area contributed by atoms with Crippen LogP contribution in [-0.4, -0.2) is 25.2 Å². The molecule has 0 saturated heterocycles. The minimum atomic E-state index is -0.342. The van der Waals surface area contributed by atoms with E-state index in [0.717, 1.165) is 11.3 Å². The smallest absolute Gasteiger partial charge is 0.326 e. The first kappa shape index (κ1) is 26.6. The number of amides is 4. The highest BCUT2D eigenvalue weighted by Gasteiger charge is 2.16. The van der Waals surface area contributed by atoms with Crippen molar-refractivity contribution in [1.82, 2.24) is 5.32 Å². The van der Waals surface area contributed by atoms with Crippen LogP contribution in [0.25, 0.3) is 0 Å². The molecule has 0 spiro atoms. The van der Waals surface area contributed by atoms with Gasteiger partial charge in [-0.3, -0.25) is 4.90 Å². The number of urea groups is 2. The van der Waals surface area contributed by atoms with Crippen LogP contribution in [0.4, 0.5) is 26.7 Å². The van der Waals surface area contributed by atoms with Gasteiger partial charge in [0, 0.05) is 35.2 Å². The highest BCUT2D eigenvalue weighted by atomic mass is 35.5. The molecule has 4 aromatic rings. The van der Waals surface area contributed by atoms with Crippen LogP contribution in [0.1, 0.15) is 12.0 Å². The highest BCUT2D eigenvalue weighted by molar-refractivity contribution is 6.30. The van der Waals surface area contributed by atoms with Crippen LogP contribution in [0.15, 0.2) is 103 Å². The molecule has 38 heavy (non-hydrogen) atoms. The molecule has 0 atom stereocenters. The number of nitrogens with zero attached hydrogens (tertiary/aromatic N) is 1. The number of hydrogen-bond acceptors (Lipinski definition) is 3. The van der Waals surface area contributed by atoms with Crippen LogP contribution in [0.3, 0.4) is 0 Å². The van der Waals surface area contributed by atoms with Crippen molar-refractivity contribution in [3.63, 3.8) is 0 Å². The molecule has 4 rings (SSSR count). The van der Waals surface area contributed by atoms with E-state index in [4.69, 9.17) is 16.3 Å². The molecule has 194 valence electrons. The number of halogens is 1. The van der Waals surface area contributed by atoms with Gasteiger partial charge in [-0.05, 0) is 80.1 Å². The average Bonchev–Trinajstić information content (AvgIpc) is 2.91. The number of para-hydroxylation sites is 1. The summed E-state index contributed by atoms with van der Waals surface area (Å²) in [7, 11) is 0. The van der Waals surface area contributed by atoms with Gasteiger partial charge in [-0.1, -0.05) is 53.6 Å². The van der Waals surface area contributed by atoms with Crippen LogP contribution in [-0.2, 0) is 0 Å². The molecule has 3 N–H and O–H groups in total. The molecule has 7 nitrogen and oxygen atoms in total. The van der Waals surface area contributed by atoms with Crippen LogP contribution in [0, 0.1) is 6.92 Å². The van der Waals surface area contributed by atoms with E-state index >= 15 is 0 Å². The zero-order valence-electron chi connectivity index (χ0n) is 21.0. The minimum absolute atomic E-state index is 0.269. The number of anilines is 3. The molecular formula is C30H29ClN4O3. The molecule has 8 heteroatoms. The molecule has 0 aliphatic carbocycles. The van der Waals surface area contributed by atoms with Crippen LogP contribution < -0.4 is 25.6 Å². The van der Waals surface area contributed by atoms with Crippen molar-refractivity contribution in [3.05, 3.63) is 114 Å². The summed E-state index contributed by atoms with van der Waals surface area (Å²) in [6, 6.07) is 30.8. The zero-order chi connectivity index (χ0) is 26.7. The molecule has 0 aromatic heterocycles. The van der Waals surface area contributed by atoms with Gasteiger partial charge in [0.15, 0.2) is 0 Å².